The molecule has 2 rings (SSSR count). The van der Waals surface area contributed by atoms with Gasteiger partial charge in [-0.25, -0.2) is 0 Å². The molecule has 0 atom stereocenters. The molecule has 2 aromatic carbocycles. The normalized spacial score (nSPS) is 10.1. The number of anilines is 2. The van der Waals surface area contributed by atoms with Gasteiger partial charge in [0.1, 0.15) is 4.99 Å². The van der Waals surface area contributed by atoms with Crippen LogP contribution in [0.25, 0.3) is 0 Å². The lowest BCUT2D eigenvalue weighted by Crippen LogP contribution is -2.11. The van der Waals surface area contributed by atoms with Crippen LogP contribution in [0.1, 0.15) is 11.1 Å². The lowest BCUT2D eigenvalue weighted by atomic mass is 10.1. The Labute approximate surface area is 120 Å². The fourth-order valence-corrected chi connectivity index (χ4v) is 2.24. The Morgan fingerprint density at radius 1 is 1.11 bits per heavy atom. The van der Waals surface area contributed by atoms with Gasteiger partial charge in [0.2, 0.25) is 0 Å². The van der Waals surface area contributed by atoms with E-state index in [1.54, 1.807) is 0 Å². The Morgan fingerprint density at radius 2 is 1.78 bits per heavy atom. The molecule has 2 nitrogen and oxygen atoms in total. The molecule has 0 aromatic heterocycles. The van der Waals surface area contributed by atoms with E-state index in [9.17, 15) is 0 Å². The molecule has 0 amide bonds. The lowest BCUT2D eigenvalue weighted by Gasteiger charge is -2.13. The number of aryl methyl sites for hydroxylation is 1. The summed E-state index contributed by atoms with van der Waals surface area (Å²) in [7, 11) is 0. The van der Waals surface area contributed by atoms with Gasteiger partial charge in [0, 0.05) is 15.7 Å². The summed E-state index contributed by atoms with van der Waals surface area (Å²) in [5.41, 5.74) is 9.65. The first-order valence-corrected chi connectivity index (χ1v) is 6.70. The molecule has 3 N–H and O–H groups in total. The zero-order valence-electron chi connectivity index (χ0n) is 9.91. The molecule has 0 bridgehead atoms. The van der Waals surface area contributed by atoms with E-state index >= 15 is 0 Å². The molecular formula is C14H13BrN2S. The maximum Gasteiger partial charge on any atom is 0.106 e. The molecule has 92 valence electrons. The van der Waals surface area contributed by atoms with Crippen LogP contribution >= 0.6 is 28.1 Å². The second-order valence-electron chi connectivity index (χ2n) is 3.97. The summed E-state index contributed by atoms with van der Waals surface area (Å²) in [6.07, 6.45) is 0. The van der Waals surface area contributed by atoms with Crippen molar-refractivity contribution in [3.05, 3.63) is 58.1 Å². The smallest absolute Gasteiger partial charge is 0.106 e. The third kappa shape index (κ3) is 2.71. The molecule has 0 aliphatic rings. The summed E-state index contributed by atoms with van der Waals surface area (Å²) >= 11 is 8.62. The molecule has 0 aliphatic carbocycles. The van der Waals surface area contributed by atoms with E-state index in [0.717, 1.165) is 21.4 Å². The van der Waals surface area contributed by atoms with Crippen LogP contribution in [0.2, 0.25) is 0 Å². The summed E-state index contributed by atoms with van der Waals surface area (Å²) < 4.78 is 1.04. The predicted molar refractivity (Wildman–Crippen MR) is 84.5 cm³/mol. The van der Waals surface area contributed by atoms with Gasteiger partial charge in [-0.15, -0.1) is 0 Å². The van der Waals surface area contributed by atoms with E-state index in [1.165, 1.54) is 5.56 Å². The molecule has 0 saturated carbocycles. The first-order chi connectivity index (χ1) is 8.59. The van der Waals surface area contributed by atoms with E-state index in [2.05, 4.69) is 34.2 Å². The second kappa shape index (κ2) is 5.50. The highest BCUT2D eigenvalue weighted by molar-refractivity contribution is 9.10. The summed E-state index contributed by atoms with van der Waals surface area (Å²) in [5.74, 6) is 0. The molecular weight excluding hydrogens is 308 g/mol. The highest BCUT2D eigenvalue weighted by Crippen LogP contribution is 2.29. The van der Waals surface area contributed by atoms with E-state index in [0.29, 0.717) is 4.99 Å². The number of nitrogens with one attached hydrogen (secondary N) is 1. The van der Waals surface area contributed by atoms with Crippen molar-refractivity contribution >= 4 is 44.5 Å². The third-order valence-corrected chi connectivity index (χ3v) is 3.93. The Balaban J connectivity index is 2.40. The first-order valence-electron chi connectivity index (χ1n) is 5.50. The standard InChI is InChI=1S/C14H13BrN2S/c1-9-5-4-8-12(13(9)15)17-11-7-3-2-6-10(11)14(16)18/h2-8,17H,1H3,(H2,16,18). The minimum absolute atomic E-state index is 0.391. The quantitative estimate of drug-likeness (QED) is 0.835. The fraction of sp³-hybridized carbons (Fsp3) is 0.0714. The van der Waals surface area contributed by atoms with E-state index < -0.39 is 0 Å². The summed E-state index contributed by atoms with van der Waals surface area (Å²) in [6.45, 7) is 2.05. The van der Waals surface area contributed by atoms with Crippen molar-refractivity contribution in [2.75, 3.05) is 5.32 Å². The highest BCUT2D eigenvalue weighted by Gasteiger charge is 2.07. The maximum absolute atomic E-state index is 5.72. The second-order valence-corrected chi connectivity index (χ2v) is 5.20. The predicted octanol–water partition coefficient (Wildman–Crippen LogP) is 4.14. The van der Waals surface area contributed by atoms with Crippen LogP contribution < -0.4 is 11.1 Å². The lowest BCUT2D eigenvalue weighted by molar-refractivity contribution is 1.41. The summed E-state index contributed by atoms with van der Waals surface area (Å²) in [4.78, 5) is 0.391. The Bertz CT molecular complexity index is 596. The van der Waals surface area contributed by atoms with Crippen molar-refractivity contribution in [1.82, 2.24) is 0 Å². The molecule has 4 heteroatoms. The highest BCUT2D eigenvalue weighted by atomic mass is 79.9. The number of hydrogen-bond donors (Lipinski definition) is 2. The molecule has 0 unspecified atom stereocenters. The molecule has 18 heavy (non-hydrogen) atoms. The molecule has 2 aromatic rings. The fourth-order valence-electron chi connectivity index (χ4n) is 1.70. The van der Waals surface area contributed by atoms with Crippen LogP contribution in [0.15, 0.2) is 46.9 Å². The largest absolute Gasteiger partial charge is 0.389 e. The first kappa shape index (κ1) is 13.1. The van der Waals surface area contributed by atoms with Crippen molar-refractivity contribution in [2.24, 2.45) is 5.73 Å². The van der Waals surface area contributed by atoms with Crippen molar-refractivity contribution < 1.29 is 0 Å². The van der Waals surface area contributed by atoms with Crippen LogP contribution in [-0.2, 0) is 0 Å². The van der Waals surface area contributed by atoms with Gasteiger partial charge in [-0.2, -0.15) is 0 Å². The van der Waals surface area contributed by atoms with Crippen LogP contribution in [0.4, 0.5) is 11.4 Å². The van der Waals surface area contributed by atoms with Gasteiger partial charge in [0.05, 0.1) is 5.69 Å². The SMILES string of the molecule is Cc1cccc(Nc2ccccc2C(N)=S)c1Br. The molecule has 0 aliphatic heterocycles. The summed E-state index contributed by atoms with van der Waals surface area (Å²) in [5, 5.41) is 3.35. The Kier molecular flexibility index (Phi) is 3.99. The average Bonchev–Trinajstić information content (AvgIpc) is 2.35. The van der Waals surface area contributed by atoms with Crippen LogP contribution in [-0.4, -0.2) is 4.99 Å². The Morgan fingerprint density at radius 3 is 2.50 bits per heavy atom. The average molecular weight is 321 g/mol. The van der Waals surface area contributed by atoms with E-state index in [-0.39, 0.29) is 0 Å². The number of hydrogen-bond acceptors (Lipinski definition) is 2. The van der Waals surface area contributed by atoms with Crippen molar-refractivity contribution in [3.63, 3.8) is 0 Å². The molecule has 0 spiro atoms. The number of halogens is 1. The van der Waals surface area contributed by atoms with Crippen LogP contribution in [0.3, 0.4) is 0 Å². The van der Waals surface area contributed by atoms with Gasteiger partial charge in [-0.05, 0) is 46.6 Å². The van der Waals surface area contributed by atoms with Crippen LogP contribution in [0.5, 0.6) is 0 Å². The molecule has 0 radical (unpaired) electrons. The van der Waals surface area contributed by atoms with E-state index in [4.69, 9.17) is 18.0 Å². The van der Waals surface area contributed by atoms with Gasteiger partial charge in [0.15, 0.2) is 0 Å². The van der Waals surface area contributed by atoms with Gasteiger partial charge in [0.25, 0.3) is 0 Å². The van der Waals surface area contributed by atoms with Crippen molar-refractivity contribution in [1.29, 1.82) is 0 Å². The van der Waals surface area contributed by atoms with Crippen molar-refractivity contribution in [2.45, 2.75) is 6.92 Å². The Hall–Kier alpha value is -1.39. The van der Waals surface area contributed by atoms with Gasteiger partial charge in [-0.1, -0.05) is 36.5 Å². The topological polar surface area (TPSA) is 38.0 Å². The number of nitrogens with two attached hydrogens (primary N) is 1. The van der Waals surface area contributed by atoms with Gasteiger partial charge in [-0.3, -0.25) is 0 Å². The minimum atomic E-state index is 0.391. The number of rotatable bonds is 3. The molecule has 0 heterocycles. The maximum atomic E-state index is 5.72. The zero-order chi connectivity index (χ0) is 13.1. The van der Waals surface area contributed by atoms with Gasteiger partial charge < -0.3 is 11.1 Å². The van der Waals surface area contributed by atoms with E-state index in [1.807, 2.05) is 36.4 Å². The number of para-hydroxylation sites is 1. The number of thiocarbonyl (C=S) groups is 1. The zero-order valence-corrected chi connectivity index (χ0v) is 12.3. The number of benzene rings is 2. The minimum Gasteiger partial charge on any atom is -0.389 e. The van der Waals surface area contributed by atoms with Crippen LogP contribution in [0, 0.1) is 6.92 Å². The summed E-state index contributed by atoms with van der Waals surface area (Å²) in [6, 6.07) is 13.8. The van der Waals surface area contributed by atoms with Crippen molar-refractivity contribution in [3.8, 4) is 0 Å². The van der Waals surface area contributed by atoms with Gasteiger partial charge >= 0.3 is 0 Å². The molecule has 0 saturated heterocycles. The monoisotopic (exact) mass is 320 g/mol. The third-order valence-electron chi connectivity index (χ3n) is 2.65. The molecule has 0 fully saturated rings.